The van der Waals surface area contributed by atoms with Crippen LogP contribution in [0.15, 0.2) is 22.7 Å². The number of hydrogen-bond donors (Lipinski definition) is 1. The Labute approximate surface area is 114 Å². The van der Waals surface area contributed by atoms with Crippen LogP contribution in [0.25, 0.3) is 0 Å². The first kappa shape index (κ1) is 13.5. The predicted octanol–water partition coefficient (Wildman–Crippen LogP) is 2.40. The van der Waals surface area contributed by atoms with E-state index in [1.165, 1.54) is 12.1 Å². The maximum Gasteiger partial charge on any atom is 0.255 e. The van der Waals surface area contributed by atoms with E-state index in [0.717, 1.165) is 6.42 Å². The van der Waals surface area contributed by atoms with Crippen molar-refractivity contribution < 1.29 is 9.18 Å². The van der Waals surface area contributed by atoms with Crippen molar-refractivity contribution in [3.8, 4) is 0 Å². The summed E-state index contributed by atoms with van der Waals surface area (Å²) in [6, 6.07) is 4.32. The lowest BCUT2D eigenvalue weighted by molar-refractivity contribution is 0.0742. The first-order chi connectivity index (χ1) is 8.52. The predicted molar refractivity (Wildman–Crippen MR) is 71.8 cm³/mol. The van der Waals surface area contributed by atoms with E-state index < -0.39 is 5.82 Å². The van der Waals surface area contributed by atoms with E-state index >= 15 is 0 Å². The Kier molecular flexibility index (Phi) is 4.02. The van der Waals surface area contributed by atoms with Crippen LogP contribution in [0, 0.1) is 11.7 Å². The molecule has 1 saturated heterocycles. The Hall–Kier alpha value is -0.940. The molecule has 0 aromatic heterocycles. The highest BCUT2D eigenvalue weighted by molar-refractivity contribution is 9.10. The van der Waals surface area contributed by atoms with Gasteiger partial charge in [0.05, 0.1) is 5.56 Å². The summed E-state index contributed by atoms with van der Waals surface area (Å²) in [5, 5.41) is 0. The van der Waals surface area contributed by atoms with Gasteiger partial charge in [0.2, 0.25) is 0 Å². The van der Waals surface area contributed by atoms with E-state index in [9.17, 15) is 9.18 Å². The fourth-order valence-electron chi connectivity index (χ4n) is 2.41. The normalized spacial score (nSPS) is 23.4. The van der Waals surface area contributed by atoms with Crippen LogP contribution < -0.4 is 5.73 Å². The fourth-order valence-corrected chi connectivity index (χ4v) is 2.83. The number of nitrogens with two attached hydrogens (primary N) is 1. The van der Waals surface area contributed by atoms with Gasteiger partial charge in [-0.2, -0.15) is 0 Å². The lowest BCUT2D eigenvalue weighted by Gasteiger charge is -2.22. The molecule has 0 bridgehead atoms. The van der Waals surface area contributed by atoms with Crippen molar-refractivity contribution in [2.45, 2.75) is 19.4 Å². The molecule has 5 heteroatoms. The summed E-state index contributed by atoms with van der Waals surface area (Å²) < 4.78 is 13.8. The highest BCUT2D eigenvalue weighted by Gasteiger charge is 2.32. The second-order valence-corrected chi connectivity index (χ2v) is 5.62. The second-order valence-electron chi connectivity index (χ2n) is 4.77. The summed E-state index contributed by atoms with van der Waals surface area (Å²) in [4.78, 5) is 14.2. The summed E-state index contributed by atoms with van der Waals surface area (Å²) in [5.74, 6) is -0.190. The SMILES string of the molecule is CC1CC(CN)CN1C(=O)c1cc(F)ccc1Br. The zero-order valence-electron chi connectivity index (χ0n) is 10.2. The minimum absolute atomic E-state index is 0.134. The van der Waals surface area contributed by atoms with Crippen molar-refractivity contribution in [2.75, 3.05) is 13.1 Å². The summed E-state index contributed by atoms with van der Waals surface area (Å²) in [6.45, 7) is 3.23. The Morgan fingerprint density at radius 1 is 1.61 bits per heavy atom. The number of nitrogens with zero attached hydrogens (tertiary/aromatic N) is 1. The van der Waals surface area contributed by atoms with Gasteiger partial charge in [-0.3, -0.25) is 4.79 Å². The van der Waals surface area contributed by atoms with Crippen molar-refractivity contribution in [1.82, 2.24) is 4.90 Å². The van der Waals surface area contributed by atoms with E-state index in [4.69, 9.17) is 5.73 Å². The lowest BCUT2D eigenvalue weighted by Crippen LogP contribution is -2.34. The van der Waals surface area contributed by atoms with E-state index in [2.05, 4.69) is 15.9 Å². The highest BCUT2D eigenvalue weighted by atomic mass is 79.9. The van der Waals surface area contributed by atoms with Crippen molar-refractivity contribution in [3.63, 3.8) is 0 Å². The molecular formula is C13H16BrFN2O. The molecule has 2 N–H and O–H groups in total. The lowest BCUT2D eigenvalue weighted by atomic mass is 10.1. The largest absolute Gasteiger partial charge is 0.336 e. The zero-order chi connectivity index (χ0) is 13.3. The minimum atomic E-state index is -0.399. The van der Waals surface area contributed by atoms with Crippen LogP contribution in [0.5, 0.6) is 0 Å². The van der Waals surface area contributed by atoms with E-state index in [-0.39, 0.29) is 11.9 Å². The highest BCUT2D eigenvalue weighted by Crippen LogP contribution is 2.27. The number of benzene rings is 1. The summed E-state index contributed by atoms with van der Waals surface area (Å²) in [5.41, 5.74) is 6.02. The Morgan fingerprint density at radius 2 is 2.33 bits per heavy atom. The summed E-state index contributed by atoms with van der Waals surface area (Å²) in [7, 11) is 0. The van der Waals surface area contributed by atoms with Gasteiger partial charge in [-0.15, -0.1) is 0 Å². The average molecular weight is 315 g/mol. The van der Waals surface area contributed by atoms with Gasteiger partial charge in [0, 0.05) is 17.1 Å². The molecule has 98 valence electrons. The molecule has 0 spiro atoms. The van der Waals surface area contributed by atoms with Crippen LogP contribution in [0.4, 0.5) is 4.39 Å². The van der Waals surface area contributed by atoms with Crippen LogP contribution in [0.2, 0.25) is 0 Å². The van der Waals surface area contributed by atoms with E-state index in [1.807, 2.05) is 6.92 Å². The number of halogens is 2. The minimum Gasteiger partial charge on any atom is -0.336 e. The maximum atomic E-state index is 13.2. The maximum absolute atomic E-state index is 13.2. The third kappa shape index (κ3) is 2.57. The Bertz CT molecular complexity index is 466. The van der Waals surface area contributed by atoms with Gasteiger partial charge in [-0.05, 0) is 59.9 Å². The van der Waals surface area contributed by atoms with Crippen molar-refractivity contribution in [1.29, 1.82) is 0 Å². The zero-order valence-corrected chi connectivity index (χ0v) is 11.8. The first-order valence-electron chi connectivity index (χ1n) is 5.99. The molecule has 18 heavy (non-hydrogen) atoms. The van der Waals surface area contributed by atoms with E-state index in [0.29, 0.717) is 29.0 Å². The summed E-state index contributed by atoms with van der Waals surface area (Å²) in [6.07, 6.45) is 0.912. The van der Waals surface area contributed by atoms with Gasteiger partial charge < -0.3 is 10.6 Å². The van der Waals surface area contributed by atoms with E-state index in [1.54, 1.807) is 11.0 Å². The molecule has 2 rings (SSSR count). The fraction of sp³-hybridized carbons (Fsp3) is 0.462. The molecule has 1 aliphatic rings. The molecule has 0 saturated carbocycles. The number of amides is 1. The molecule has 2 atom stereocenters. The molecule has 1 aromatic rings. The molecule has 1 amide bonds. The number of carbonyl (C=O) groups is 1. The molecule has 0 radical (unpaired) electrons. The number of rotatable bonds is 2. The van der Waals surface area contributed by atoms with Crippen molar-refractivity contribution in [3.05, 3.63) is 34.1 Å². The molecule has 1 heterocycles. The van der Waals surface area contributed by atoms with Gasteiger partial charge in [0.25, 0.3) is 5.91 Å². The number of carbonyl (C=O) groups excluding carboxylic acids is 1. The van der Waals surface area contributed by atoms with Crippen LogP contribution in [-0.2, 0) is 0 Å². The standard InChI is InChI=1S/C13H16BrFN2O/c1-8-4-9(6-16)7-17(8)13(18)11-5-10(15)2-3-12(11)14/h2-3,5,8-9H,4,6-7,16H2,1H3. The molecule has 1 aliphatic heterocycles. The number of hydrogen-bond acceptors (Lipinski definition) is 2. The average Bonchev–Trinajstić information content (AvgIpc) is 2.73. The molecule has 3 nitrogen and oxygen atoms in total. The third-order valence-electron chi connectivity index (χ3n) is 3.41. The first-order valence-corrected chi connectivity index (χ1v) is 6.78. The van der Waals surface area contributed by atoms with Gasteiger partial charge in [0.15, 0.2) is 0 Å². The van der Waals surface area contributed by atoms with Gasteiger partial charge in [-0.1, -0.05) is 0 Å². The van der Waals surface area contributed by atoms with Gasteiger partial charge in [0.1, 0.15) is 5.82 Å². The van der Waals surface area contributed by atoms with Crippen molar-refractivity contribution in [2.24, 2.45) is 11.7 Å². The van der Waals surface area contributed by atoms with Crippen molar-refractivity contribution >= 4 is 21.8 Å². The van der Waals surface area contributed by atoms with Crippen LogP contribution in [0.1, 0.15) is 23.7 Å². The second kappa shape index (κ2) is 5.36. The molecule has 0 aliphatic carbocycles. The topological polar surface area (TPSA) is 46.3 Å². The molecule has 1 aromatic carbocycles. The molecular weight excluding hydrogens is 299 g/mol. The molecule has 1 fully saturated rings. The monoisotopic (exact) mass is 314 g/mol. The van der Waals surface area contributed by atoms with Crippen LogP contribution in [0.3, 0.4) is 0 Å². The van der Waals surface area contributed by atoms with Crippen LogP contribution >= 0.6 is 15.9 Å². The third-order valence-corrected chi connectivity index (χ3v) is 4.11. The smallest absolute Gasteiger partial charge is 0.255 e. The Morgan fingerprint density at radius 3 is 2.94 bits per heavy atom. The van der Waals surface area contributed by atoms with Gasteiger partial charge in [-0.25, -0.2) is 4.39 Å². The van der Waals surface area contributed by atoms with Crippen LogP contribution in [-0.4, -0.2) is 29.9 Å². The number of likely N-dealkylation sites (tertiary alicyclic amines) is 1. The Balaban J connectivity index is 2.24. The summed E-state index contributed by atoms with van der Waals surface area (Å²) >= 11 is 3.29. The van der Waals surface area contributed by atoms with Gasteiger partial charge >= 0.3 is 0 Å². The molecule has 2 unspecified atom stereocenters. The quantitative estimate of drug-likeness (QED) is 0.911.